The molecule has 0 spiro atoms. The highest BCUT2D eigenvalue weighted by Gasteiger charge is 2.49. The van der Waals surface area contributed by atoms with Gasteiger partial charge in [-0.1, -0.05) is 41.0 Å². The zero-order valence-corrected chi connectivity index (χ0v) is 16.7. The highest BCUT2D eigenvalue weighted by molar-refractivity contribution is 6.30. The van der Waals surface area contributed by atoms with E-state index in [2.05, 4.69) is 15.5 Å². The summed E-state index contributed by atoms with van der Waals surface area (Å²) in [4.78, 5) is 30.3. The topological polar surface area (TPSA) is 88.3 Å². The van der Waals surface area contributed by atoms with Gasteiger partial charge in [0.15, 0.2) is 0 Å². The van der Waals surface area contributed by atoms with Gasteiger partial charge < -0.3 is 9.84 Å². The maximum Gasteiger partial charge on any atom is 0.416 e. The molecule has 11 heteroatoms. The van der Waals surface area contributed by atoms with Crippen LogP contribution < -0.4 is 5.32 Å². The number of carbonyl (C=O) groups excluding carboxylic acids is 2. The molecule has 1 saturated heterocycles. The van der Waals surface area contributed by atoms with E-state index in [0.29, 0.717) is 10.6 Å². The molecule has 0 radical (unpaired) electrons. The molecule has 7 nitrogen and oxygen atoms in total. The normalized spacial score (nSPS) is 19.1. The second-order valence-corrected chi connectivity index (χ2v) is 7.48. The van der Waals surface area contributed by atoms with Crippen molar-refractivity contribution in [2.24, 2.45) is 0 Å². The lowest BCUT2D eigenvalue weighted by molar-refractivity contribution is -0.137. The molecular weight excluding hydrogens is 437 g/mol. The summed E-state index contributed by atoms with van der Waals surface area (Å²) in [5.41, 5.74) is -1.61. The molecule has 0 aliphatic carbocycles. The van der Waals surface area contributed by atoms with Crippen LogP contribution in [0.15, 0.2) is 53.1 Å². The van der Waals surface area contributed by atoms with E-state index in [-0.39, 0.29) is 23.8 Å². The largest absolute Gasteiger partial charge is 0.416 e. The lowest BCUT2D eigenvalue weighted by atomic mass is 9.92. The van der Waals surface area contributed by atoms with Crippen LogP contribution in [0.2, 0.25) is 5.02 Å². The third-order valence-electron chi connectivity index (χ3n) is 4.89. The van der Waals surface area contributed by atoms with Crippen molar-refractivity contribution in [2.75, 3.05) is 0 Å². The molecule has 0 bridgehead atoms. The van der Waals surface area contributed by atoms with Gasteiger partial charge in [0, 0.05) is 10.6 Å². The predicted molar refractivity (Wildman–Crippen MR) is 103 cm³/mol. The van der Waals surface area contributed by atoms with Crippen LogP contribution in [0, 0.1) is 0 Å². The Labute approximate surface area is 178 Å². The fourth-order valence-corrected chi connectivity index (χ4v) is 3.43. The monoisotopic (exact) mass is 450 g/mol. The smallest absolute Gasteiger partial charge is 0.337 e. The van der Waals surface area contributed by atoms with Crippen LogP contribution in [0.1, 0.15) is 23.9 Å². The summed E-state index contributed by atoms with van der Waals surface area (Å²) in [6.07, 6.45) is -4.52. The first kappa shape index (κ1) is 20.9. The second kappa shape index (κ2) is 7.38. The third kappa shape index (κ3) is 3.86. The zero-order valence-electron chi connectivity index (χ0n) is 15.9. The fraction of sp³-hybridized carbons (Fsp3) is 0.200. The number of hydrogen-bond acceptors (Lipinski definition) is 5. The highest BCUT2D eigenvalue weighted by Crippen LogP contribution is 2.33. The first-order valence-electron chi connectivity index (χ1n) is 8.98. The Morgan fingerprint density at radius 2 is 1.90 bits per heavy atom. The van der Waals surface area contributed by atoms with Crippen molar-refractivity contribution in [3.63, 3.8) is 0 Å². The van der Waals surface area contributed by atoms with Gasteiger partial charge in [0.25, 0.3) is 5.91 Å². The molecule has 4 rings (SSSR count). The summed E-state index contributed by atoms with van der Waals surface area (Å²) >= 11 is 5.99. The van der Waals surface area contributed by atoms with E-state index >= 15 is 0 Å². The number of imide groups is 1. The molecule has 1 unspecified atom stereocenters. The van der Waals surface area contributed by atoms with Gasteiger partial charge in [0.1, 0.15) is 12.1 Å². The molecule has 3 amide bonds. The van der Waals surface area contributed by atoms with Gasteiger partial charge in [-0.2, -0.15) is 18.2 Å². The van der Waals surface area contributed by atoms with Gasteiger partial charge in [0.05, 0.1) is 5.56 Å². The molecule has 1 atom stereocenters. The number of alkyl halides is 3. The highest BCUT2D eigenvalue weighted by atomic mass is 35.5. The van der Waals surface area contributed by atoms with Crippen LogP contribution in [0.25, 0.3) is 11.4 Å². The number of nitrogens with zero attached hydrogens (tertiary/aromatic N) is 3. The summed E-state index contributed by atoms with van der Waals surface area (Å²) in [5.74, 6) is -0.754. The standard InChI is InChI=1S/C20H14ClF3N4O3/c1-19(12-5-3-7-14(21)9-12)17(29)28(18(30)26-19)10-15-25-16(27-31-15)11-4-2-6-13(8-11)20(22,23)24/h2-9H,10H2,1H3,(H,26,30). The van der Waals surface area contributed by atoms with E-state index in [1.165, 1.54) is 12.1 Å². The van der Waals surface area contributed by atoms with E-state index in [4.69, 9.17) is 16.1 Å². The van der Waals surface area contributed by atoms with Crippen molar-refractivity contribution < 1.29 is 27.3 Å². The first-order chi connectivity index (χ1) is 14.6. The summed E-state index contributed by atoms with van der Waals surface area (Å²) in [5, 5.41) is 6.69. The molecule has 1 aromatic heterocycles. The first-order valence-corrected chi connectivity index (χ1v) is 9.36. The van der Waals surface area contributed by atoms with Gasteiger partial charge >= 0.3 is 12.2 Å². The summed E-state index contributed by atoms with van der Waals surface area (Å²) in [7, 11) is 0. The van der Waals surface area contributed by atoms with Crippen molar-refractivity contribution in [1.82, 2.24) is 20.4 Å². The van der Waals surface area contributed by atoms with Crippen molar-refractivity contribution in [3.8, 4) is 11.4 Å². The molecular formula is C20H14ClF3N4O3. The lowest BCUT2D eigenvalue weighted by Crippen LogP contribution is -2.40. The number of amides is 3. The van der Waals surface area contributed by atoms with Crippen molar-refractivity contribution in [2.45, 2.75) is 25.2 Å². The minimum atomic E-state index is -4.52. The maximum absolute atomic E-state index is 13.0. The van der Waals surface area contributed by atoms with Crippen LogP contribution in [-0.4, -0.2) is 27.0 Å². The van der Waals surface area contributed by atoms with Crippen LogP contribution in [0.4, 0.5) is 18.0 Å². The number of aromatic nitrogens is 2. The number of benzene rings is 2. The molecule has 31 heavy (non-hydrogen) atoms. The van der Waals surface area contributed by atoms with E-state index in [9.17, 15) is 22.8 Å². The Balaban J connectivity index is 1.57. The van der Waals surface area contributed by atoms with Crippen molar-refractivity contribution in [3.05, 3.63) is 70.6 Å². The zero-order chi connectivity index (χ0) is 22.4. The number of urea groups is 1. The Bertz CT molecular complexity index is 1180. The molecule has 1 aliphatic rings. The molecule has 2 heterocycles. The van der Waals surface area contributed by atoms with E-state index in [0.717, 1.165) is 17.0 Å². The lowest BCUT2D eigenvalue weighted by Gasteiger charge is -2.22. The van der Waals surface area contributed by atoms with Crippen molar-refractivity contribution in [1.29, 1.82) is 0 Å². The van der Waals surface area contributed by atoms with Crippen LogP contribution >= 0.6 is 11.6 Å². The summed E-state index contributed by atoms with van der Waals surface area (Å²) < 4.78 is 43.8. The van der Waals surface area contributed by atoms with Crippen molar-refractivity contribution >= 4 is 23.5 Å². The van der Waals surface area contributed by atoms with Gasteiger partial charge in [-0.3, -0.25) is 9.69 Å². The Morgan fingerprint density at radius 3 is 2.61 bits per heavy atom. The summed E-state index contributed by atoms with van der Waals surface area (Å²) in [6.45, 7) is 1.20. The fourth-order valence-electron chi connectivity index (χ4n) is 3.24. The Morgan fingerprint density at radius 1 is 1.16 bits per heavy atom. The molecule has 2 aromatic carbocycles. The minimum absolute atomic E-state index is 0.0887. The van der Waals surface area contributed by atoms with E-state index in [1.54, 1.807) is 31.2 Å². The van der Waals surface area contributed by atoms with Crippen LogP contribution in [-0.2, 0) is 23.1 Å². The van der Waals surface area contributed by atoms with E-state index in [1.807, 2.05) is 0 Å². The molecule has 1 fully saturated rings. The van der Waals surface area contributed by atoms with Gasteiger partial charge in [-0.15, -0.1) is 0 Å². The summed E-state index contributed by atoms with van der Waals surface area (Å²) in [6, 6.07) is 10.3. The van der Waals surface area contributed by atoms with E-state index < -0.39 is 29.2 Å². The molecule has 1 N–H and O–H groups in total. The molecule has 160 valence electrons. The number of hydrogen-bond donors (Lipinski definition) is 1. The molecule has 0 saturated carbocycles. The van der Waals surface area contributed by atoms with Gasteiger partial charge in [0.2, 0.25) is 11.7 Å². The predicted octanol–water partition coefficient (Wildman–Crippen LogP) is 4.38. The number of carbonyl (C=O) groups is 2. The van der Waals surface area contributed by atoms with Crippen LogP contribution in [0.5, 0.6) is 0 Å². The van der Waals surface area contributed by atoms with Gasteiger partial charge in [-0.05, 0) is 36.8 Å². The quantitative estimate of drug-likeness (QED) is 0.596. The Kier molecular flexibility index (Phi) is 4.97. The Hall–Kier alpha value is -3.40. The molecule has 3 aromatic rings. The number of halogens is 4. The third-order valence-corrected chi connectivity index (χ3v) is 5.12. The molecule has 1 aliphatic heterocycles. The SMILES string of the molecule is CC1(c2cccc(Cl)c2)NC(=O)N(Cc2nc(-c3cccc(C(F)(F)F)c3)no2)C1=O. The van der Waals surface area contributed by atoms with Gasteiger partial charge in [-0.25, -0.2) is 4.79 Å². The maximum atomic E-state index is 13.0. The minimum Gasteiger partial charge on any atom is -0.337 e. The second-order valence-electron chi connectivity index (χ2n) is 7.05. The van der Waals surface area contributed by atoms with Crippen LogP contribution in [0.3, 0.4) is 0 Å². The average molecular weight is 451 g/mol. The number of nitrogens with one attached hydrogen (secondary N) is 1. The average Bonchev–Trinajstić information content (AvgIpc) is 3.27. The number of rotatable bonds is 4.